The Kier molecular flexibility index (Phi) is 6.03. The fourth-order valence-electron chi connectivity index (χ4n) is 1.99. The van der Waals surface area contributed by atoms with E-state index in [1.165, 1.54) is 4.90 Å². The molecular weight excluding hydrogens is 337 g/mol. The Bertz CT molecular complexity index is 737. The molecule has 0 atom stereocenters. The van der Waals surface area contributed by atoms with Crippen LogP contribution in [0.15, 0.2) is 28.8 Å². The third kappa shape index (κ3) is 4.72. The summed E-state index contributed by atoms with van der Waals surface area (Å²) in [5.41, 5.74) is 0.701. The predicted molar refractivity (Wildman–Crippen MR) is 88.1 cm³/mol. The molecule has 0 aliphatic carbocycles. The van der Waals surface area contributed by atoms with E-state index in [1.54, 1.807) is 31.4 Å². The smallest absolute Gasteiger partial charge is 0.222 e. The van der Waals surface area contributed by atoms with Gasteiger partial charge in [0.15, 0.2) is 11.7 Å². The van der Waals surface area contributed by atoms with Crippen LogP contribution in [-0.4, -0.2) is 29.4 Å². The highest BCUT2D eigenvalue weighted by molar-refractivity contribution is 6.36. The Hall–Kier alpha value is -2.03. The largest absolute Gasteiger partial charge is 0.441 e. The Morgan fingerprint density at radius 1 is 1.43 bits per heavy atom. The van der Waals surface area contributed by atoms with Crippen LogP contribution in [0, 0.1) is 11.3 Å². The van der Waals surface area contributed by atoms with Crippen LogP contribution < -0.4 is 0 Å². The van der Waals surface area contributed by atoms with E-state index < -0.39 is 0 Å². The van der Waals surface area contributed by atoms with Gasteiger partial charge in [-0.05, 0) is 18.2 Å². The topological polar surface area (TPSA) is 70.1 Å². The quantitative estimate of drug-likeness (QED) is 0.789. The normalized spacial score (nSPS) is 10.3. The monoisotopic (exact) mass is 351 g/mol. The summed E-state index contributed by atoms with van der Waals surface area (Å²) >= 11 is 12.0. The number of carbonyl (C=O) groups is 1. The third-order valence-corrected chi connectivity index (χ3v) is 3.84. The molecule has 0 fully saturated rings. The standard InChI is InChI=1S/C16H15Cl2N3O2/c1-21(8-2-7-19)16(22)6-5-15-20-10-14(23-15)12-4-3-11(17)9-13(12)18/h3-4,9-10H,2,5-6,8H2,1H3. The van der Waals surface area contributed by atoms with Crippen molar-refractivity contribution in [1.82, 2.24) is 9.88 Å². The maximum atomic E-state index is 11.9. The van der Waals surface area contributed by atoms with E-state index in [-0.39, 0.29) is 12.3 Å². The molecule has 1 aromatic heterocycles. The van der Waals surface area contributed by atoms with Gasteiger partial charge in [0.05, 0.1) is 23.7 Å². The van der Waals surface area contributed by atoms with E-state index in [0.29, 0.717) is 46.6 Å². The van der Waals surface area contributed by atoms with Crippen molar-refractivity contribution < 1.29 is 9.21 Å². The van der Waals surface area contributed by atoms with Gasteiger partial charge in [-0.1, -0.05) is 23.2 Å². The molecule has 7 heteroatoms. The maximum Gasteiger partial charge on any atom is 0.222 e. The van der Waals surface area contributed by atoms with Crippen LogP contribution in [0.3, 0.4) is 0 Å². The third-order valence-electron chi connectivity index (χ3n) is 3.29. The summed E-state index contributed by atoms with van der Waals surface area (Å²) < 4.78 is 5.64. The maximum absolute atomic E-state index is 11.9. The lowest BCUT2D eigenvalue weighted by Crippen LogP contribution is -2.27. The molecule has 120 valence electrons. The zero-order valence-corrected chi connectivity index (χ0v) is 14.1. The zero-order chi connectivity index (χ0) is 16.8. The first-order chi connectivity index (χ1) is 11.0. The molecule has 5 nitrogen and oxygen atoms in total. The number of aryl methyl sites for hydroxylation is 1. The van der Waals surface area contributed by atoms with E-state index in [0.717, 1.165) is 0 Å². The molecular formula is C16H15Cl2N3O2. The summed E-state index contributed by atoms with van der Waals surface area (Å²) in [6, 6.07) is 7.13. The van der Waals surface area contributed by atoms with E-state index in [9.17, 15) is 4.79 Å². The number of nitrogens with zero attached hydrogens (tertiary/aromatic N) is 3. The molecule has 0 bridgehead atoms. The summed E-state index contributed by atoms with van der Waals surface area (Å²) in [5, 5.41) is 9.55. The molecule has 2 rings (SSSR count). The molecule has 1 aromatic carbocycles. The van der Waals surface area contributed by atoms with Gasteiger partial charge in [0.25, 0.3) is 0 Å². The van der Waals surface area contributed by atoms with Crippen LogP contribution in [0.1, 0.15) is 18.7 Å². The van der Waals surface area contributed by atoms with Crippen LogP contribution in [-0.2, 0) is 11.2 Å². The van der Waals surface area contributed by atoms with Gasteiger partial charge >= 0.3 is 0 Å². The summed E-state index contributed by atoms with van der Waals surface area (Å²) in [4.78, 5) is 17.6. The van der Waals surface area contributed by atoms with Crippen LogP contribution in [0.4, 0.5) is 0 Å². The first-order valence-electron chi connectivity index (χ1n) is 7.02. The number of benzene rings is 1. The minimum absolute atomic E-state index is 0.0514. The lowest BCUT2D eigenvalue weighted by molar-refractivity contribution is -0.129. The minimum Gasteiger partial charge on any atom is -0.441 e. The molecule has 0 aliphatic heterocycles. The van der Waals surface area contributed by atoms with E-state index in [4.69, 9.17) is 32.9 Å². The van der Waals surface area contributed by atoms with Gasteiger partial charge < -0.3 is 9.32 Å². The van der Waals surface area contributed by atoms with Gasteiger partial charge in [0, 0.05) is 37.0 Å². The number of nitriles is 1. The molecule has 0 unspecified atom stereocenters. The van der Waals surface area contributed by atoms with Gasteiger partial charge in [0.1, 0.15) is 0 Å². The molecule has 0 aliphatic rings. The number of aromatic nitrogens is 1. The number of rotatable bonds is 6. The van der Waals surface area contributed by atoms with Crippen molar-refractivity contribution in [2.24, 2.45) is 0 Å². The molecule has 1 amide bonds. The van der Waals surface area contributed by atoms with E-state index in [1.807, 2.05) is 6.07 Å². The van der Waals surface area contributed by atoms with Crippen LogP contribution in [0.25, 0.3) is 11.3 Å². The molecule has 23 heavy (non-hydrogen) atoms. The average Bonchev–Trinajstić information content (AvgIpc) is 2.98. The second kappa shape index (κ2) is 8.00. The summed E-state index contributed by atoms with van der Waals surface area (Å²) in [5.74, 6) is 0.949. The first-order valence-corrected chi connectivity index (χ1v) is 7.78. The average molecular weight is 352 g/mol. The minimum atomic E-state index is -0.0514. The molecule has 0 spiro atoms. The fraction of sp³-hybridized carbons (Fsp3) is 0.312. The van der Waals surface area contributed by atoms with Gasteiger partial charge in [-0.15, -0.1) is 0 Å². The molecule has 0 saturated heterocycles. The highest BCUT2D eigenvalue weighted by Gasteiger charge is 2.13. The number of hydrogen-bond acceptors (Lipinski definition) is 4. The lowest BCUT2D eigenvalue weighted by Gasteiger charge is -2.14. The molecule has 1 heterocycles. The SMILES string of the molecule is CN(CCC#N)C(=O)CCc1ncc(-c2ccc(Cl)cc2Cl)o1. The molecule has 0 radical (unpaired) electrons. The van der Waals surface area contributed by atoms with Crippen molar-refractivity contribution in [3.63, 3.8) is 0 Å². The summed E-state index contributed by atoms with van der Waals surface area (Å²) in [7, 11) is 1.67. The number of oxazole rings is 1. The van der Waals surface area contributed by atoms with Gasteiger partial charge in [0.2, 0.25) is 5.91 Å². The second-order valence-electron chi connectivity index (χ2n) is 4.97. The highest BCUT2D eigenvalue weighted by atomic mass is 35.5. The first kappa shape index (κ1) is 17.3. The number of carbonyl (C=O) groups excluding carboxylic acids is 1. The Morgan fingerprint density at radius 2 is 2.22 bits per heavy atom. The van der Waals surface area contributed by atoms with Crippen LogP contribution in [0.5, 0.6) is 0 Å². The number of hydrogen-bond donors (Lipinski definition) is 0. The van der Waals surface area contributed by atoms with Crippen molar-refractivity contribution >= 4 is 29.1 Å². The van der Waals surface area contributed by atoms with Crippen LogP contribution in [0.2, 0.25) is 10.0 Å². The van der Waals surface area contributed by atoms with E-state index in [2.05, 4.69) is 4.98 Å². The van der Waals surface area contributed by atoms with Crippen molar-refractivity contribution in [3.05, 3.63) is 40.3 Å². The molecule has 2 aromatic rings. The van der Waals surface area contributed by atoms with Crippen molar-refractivity contribution in [2.45, 2.75) is 19.3 Å². The fourth-order valence-corrected chi connectivity index (χ4v) is 2.49. The van der Waals surface area contributed by atoms with Crippen LogP contribution >= 0.6 is 23.2 Å². The molecule has 0 saturated carbocycles. The Morgan fingerprint density at radius 3 is 2.91 bits per heavy atom. The van der Waals surface area contributed by atoms with E-state index >= 15 is 0 Å². The zero-order valence-electron chi connectivity index (χ0n) is 12.6. The van der Waals surface area contributed by atoms with Gasteiger partial charge in [-0.25, -0.2) is 4.98 Å². The number of halogens is 2. The summed E-state index contributed by atoms with van der Waals surface area (Å²) in [6.07, 6.45) is 2.56. The number of amides is 1. The predicted octanol–water partition coefficient (Wildman–Crippen LogP) is 3.95. The van der Waals surface area contributed by atoms with Crippen molar-refractivity contribution in [1.29, 1.82) is 5.26 Å². The Balaban J connectivity index is 1.97. The van der Waals surface area contributed by atoms with Crippen molar-refractivity contribution in [2.75, 3.05) is 13.6 Å². The lowest BCUT2D eigenvalue weighted by atomic mass is 10.2. The summed E-state index contributed by atoms with van der Waals surface area (Å²) in [6.45, 7) is 0.423. The highest BCUT2D eigenvalue weighted by Crippen LogP contribution is 2.30. The van der Waals surface area contributed by atoms with Gasteiger partial charge in [-0.3, -0.25) is 4.79 Å². The second-order valence-corrected chi connectivity index (χ2v) is 5.81. The molecule has 0 N–H and O–H groups in total. The van der Waals surface area contributed by atoms with Crippen molar-refractivity contribution in [3.8, 4) is 17.4 Å². The Labute approximate surface area is 144 Å². The van der Waals surface area contributed by atoms with Gasteiger partial charge in [-0.2, -0.15) is 5.26 Å².